The van der Waals surface area contributed by atoms with E-state index in [1.165, 1.54) is 4.90 Å². The highest BCUT2D eigenvalue weighted by molar-refractivity contribution is 6.05. The van der Waals surface area contributed by atoms with Crippen LogP contribution in [0, 0.1) is 0 Å². The van der Waals surface area contributed by atoms with Crippen LogP contribution in [-0.4, -0.2) is 55.2 Å². The van der Waals surface area contributed by atoms with Crippen molar-refractivity contribution in [3.8, 4) is 0 Å². The fourth-order valence-electron chi connectivity index (χ4n) is 4.59. The summed E-state index contributed by atoms with van der Waals surface area (Å²) in [5, 5.41) is 5.67. The lowest BCUT2D eigenvalue weighted by molar-refractivity contribution is -0.165. The molecular weight excluding hydrogens is 474 g/mol. The number of anilines is 1. The summed E-state index contributed by atoms with van der Waals surface area (Å²) in [6.07, 6.45) is 2.75. The van der Waals surface area contributed by atoms with Crippen LogP contribution in [-0.2, 0) is 30.3 Å². The van der Waals surface area contributed by atoms with Gasteiger partial charge in [0.05, 0.1) is 13.0 Å². The molecule has 196 valence electrons. The van der Waals surface area contributed by atoms with Gasteiger partial charge in [0.2, 0.25) is 18.1 Å². The van der Waals surface area contributed by atoms with Crippen molar-refractivity contribution in [1.29, 1.82) is 0 Å². The van der Waals surface area contributed by atoms with E-state index in [1.54, 1.807) is 30.3 Å². The molecule has 0 aliphatic carbocycles. The van der Waals surface area contributed by atoms with Gasteiger partial charge in [0.25, 0.3) is 5.91 Å². The van der Waals surface area contributed by atoms with Crippen molar-refractivity contribution >= 4 is 29.4 Å². The molecule has 2 N–H and O–H groups in total. The molecule has 2 aliphatic heterocycles. The van der Waals surface area contributed by atoms with Crippen molar-refractivity contribution in [2.75, 3.05) is 18.1 Å². The number of rotatable bonds is 9. The number of carbonyl (C=O) groups excluding carboxylic acids is 4. The Morgan fingerprint density at radius 2 is 1.81 bits per heavy atom. The number of cyclic esters (lactones) is 1. The summed E-state index contributed by atoms with van der Waals surface area (Å²) >= 11 is 0. The molecule has 37 heavy (non-hydrogen) atoms. The lowest BCUT2D eigenvalue weighted by Gasteiger charge is -2.32. The molecule has 1 fully saturated rings. The standard InChI is InChI=1S/C28H33N3O6/c1-2-3-16-36-28-22(17-25(33)37-28)29-24(32)18-31-23-15-8-7-10-19(23)13-9-14-21(27(31)35)30-26(34)20-11-5-4-6-12-20/h4-8,10-12,15,21-22,28H,2-3,9,13-14,16-18H2,1H3,(H,29,32)(H,30,34)/t21-,22-,28?/m0/s1. The second kappa shape index (κ2) is 12.5. The normalized spacial score (nSPS) is 21.4. The highest BCUT2D eigenvalue weighted by atomic mass is 16.7. The van der Waals surface area contributed by atoms with Crippen LogP contribution in [0.3, 0.4) is 0 Å². The fourth-order valence-corrected chi connectivity index (χ4v) is 4.59. The number of carbonyl (C=O) groups is 4. The third kappa shape index (κ3) is 6.74. The van der Waals surface area contributed by atoms with Crippen molar-refractivity contribution in [1.82, 2.24) is 10.6 Å². The zero-order chi connectivity index (χ0) is 26.2. The van der Waals surface area contributed by atoms with Crippen LogP contribution in [0.1, 0.15) is 54.9 Å². The molecule has 0 radical (unpaired) electrons. The maximum absolute atomic E-state index is 13.7. The van der Waals surface area contributed by atoms with Gasteiger partial charge in [-0.3, -0.25) is 19.2 Å². The van der Waals surface area contributed by atoms with Gasteiger partial charge in [-0.2, -0.15) is 0 Å². The smallest absolute Gasteiger partial charge is 0.310 e. The molecule has 9 heteroatoms. The summed E-state index contributed by atoms with van der Waals surface area (Å²) in [7, 11) is 0. The Balaban J connectivity index is 1.50. The number of ether oxygens (including phenoxy) is 2. The molecule has 9 nitrogen and oxygen atoms in total. The van der Waals surface area contributed by atoms with E-state index >= 15 is 0 Å². The second-order valence-electron chi connectivity index (χ2n) is 9.30. The molecule has 2 aliphatic rings. The number of aryl methyl sites for hydroxylation is 1. The first-order chi connectivity index (χ1) is 18.0. The monoisotopic (exact) mass is 507 g/mol. The molecule has 0 aromatic heterocycles. The Bertz CT molecular complexity index is 1120. The quantitative estimate of drug-likeness (QED) is 0.399. The number of fused-ring (bicyclic) bond motifs is 1. The average Bonchev–Trinajstić information content (AvgIpc) is 3.25. The van der Waals surface area contributed by atoms with Gasteiger partial charge in [0, 0.05) is 11.3 Å². The lowest BCUT2D eigenvalue weighted by Crippen LogP contribution is -2.53. The van der Waals surface area contributed by atoms with Gasteiger partial charge in [0.1, 0.15) is 18.6 Å². The first kappa shape index (κ1) is 26.3. The van der Waals surface area contributed by atoms with Gasteiger partial charge in [-0.15, -0.1) is 0 Å². The van der Waals surface area contributed by atoms with Crippen LogP contribution in [0.25, 0.3) is 0 Å². The molecule has 4 rings (SSSR count). The van der Waals surface area contributed by atoms with E-state index in [2.05, 4.69) is 10.6 Å². The lowest BCUT2D eigenvalue weighted by atomic mass is 9.98. The molecule has 1 saturated heterocycles. The highest BCUT2D eigenvalue weighted by Gasteiger charge is 2.38. The Kier molecular flexibility index (Phi) is 8.90. The van der Waals surface area contributed by atoms with Crippen molar-refractivity contribution in [2.24, 2.45) is 0 Å². The Hall–Kier alpha value is -3.72. The van der Waals surface area contributed by atoms with Gasteiger partial charge in [-0.25, -0.2) is 0 Å². The second-order valence-corrected chi connectivity index (χ2v) is 9.30. The average molecular weight is 508 g/mol. The number of hydrogen-bond acceptors (Lipinski definition) is 6. The van der Waals surface area contributed by atoms with E-state index in [4.69, 9.17) is 9.47 Å². The molecular formula is C28H33N3O6. The number of para-hydroxylation sites is 1. The predicted molar refractivity (Wildman–Crippen MR) is 137 cm³/mol. The SMILES string of the molecule is CCCCOC1OC(=O)C[C@@H]1NC(=O)CN1C(=O)[C@@H](NC(=O)c2ccccc2)CCCc2ccccc21. The minimum Gasteiger partial charge on any atom is -0.433 e. The van der Waals surface area contributed by atoms with Crippen molar-refractivity contribution in [3.05, 3.63) is 65.7 Å². The maximum Gasteiger partial charge on any atom is 0.310 e. The minimum absolute atomic E-state index is 0.00280. The van der Waals surface area contributed by atoms with E-state index in [9.17, 15) is 19.2 Å². The number of hydrogen-bond donors (Lipinski definition) is 2. The minimum atomic E-state index is -0.851. The topological polar surface area (TPSA) is 114 Å². The van der Waals surface area contributed by atoms with Gasteiger partial charge in [-0.05, 0) is 49.4 Å². The van der Waals surface area contributed by atoms with Crippen molar-refractivity contribution < 1.29 is 28.7 Å². The molecule has 0 bridgehead atoms. The van der Waals surface area contributed by atoms with Gasteiger partial charge in [0.15, 0.2) is 0 Å². The molecule has 2 aromatic carbocycles. The Morgan fingerprint density at radius 3 is 2.59 bits per heavy atom. The van der Waals surface area contributed by atoms with E-state index < -0.39 is 30.3 Å². The summed E-state index contributed by atoms with van der Waals surface area (Å²) in [4.78, 5) is 53.0. The number of esters is 1. The molecule has 2 heterocycles. The number of nitrogens with one attached hydrogen (secondary N) is 2. The first-order valence-electron chi connectivity index (χ1n) is 12.8. The van der Waals surface area contributed by atoms with E-state index in [0.717, 1.165) is 18.4 Å². The zero-order valence-corrected chi connectivity index (χ0v) is 21.0. The molecule has 2 aromatic rings. The Labute approximate surface area is 216 Å². The highest BCUT2D eigenvalue weighted by Crippen LogP contribution is 2.27. The summed E-state index contributed by atoms with van der Waals surface area (Å²) in [6, 6.07) is 14.8. The van der Waals surface area contributed by atoms with Crippen LogP contribution >= 0.6 is 0 Å². The van der Waals surface area contributed by atoms with Crippen molar-refractivity contribution in [3.63, 3.8) is 0 Å². The molecule has 0 spiro atoms. The van der Waals surface area contributed by atoms with Gasteiger partial charge in [-0.1, -0.05) is 49.7 Å². The zero-order valence-electron chi connectivity index (χ0n) is 21.0. The number of unbranched alkanes of at least 4 members (excludes halogenated alkanes) is 1. The third-order valence-corrected chi connectivity index (χ3v) is 6.52. The summed E-state index contributed by atoms with van der Waals surface area (Å²) in [5.41, 5.74) is 2.05. The van der Waals surface area contributed by atoms with E-state index in [-0.39, 0.29) is 24.8 Å². The maximum atomic E-state index is 13.7. The van der Waals surface area contributed by atoms with Crippen LogP contribution in [0.15, 0.2) is 54.6 Å². The summed E-state index contributed by atoms with van der Waals surface area (Å²) < 4.78 is 10.9. The third-order valence-electron chi connectivity index (χ3n) is 6.52. The van der Waals surface area contributed by atoms with E-state index in [1.807, 2.05) is 31.2 Å². The van der Waals surface area contributed by atoms with Gasteiger partial charge >= 0.3 is 5.97 Å². The van der Waals surface area contributed by atoms with Crippen LogP contribution in [0.2, 0.25) is 0 Å². The summed E-state index contributed by atoms with van der Waals surface area (Å²) in [6.45, 7) is 2.18. The van der Waals surface area contributed by atoms with Crippen LogP contribution < -0.4 is 15.5 Å². The molecule has 0 saturated carbocycles. The first-order valence-corrected chi connectivity index (χ1v) is 12.8. The van der Waals surface area contributed by atoms with Gasteiger partial charge < -0.3 is 25.0 Å². The molecule has 3 amide bonds. The fraction of sp³-hybridized carbons (Fsp3) is 0.429. The number of benzene rings is 2. The molecule has 1 unspecified atom stereocenters. The van der Waals surface area contributed by atoms with Crippen LogP contribution in [0.5, 0.6) is 0 Å². The van der Waals surface area contributed by atoms with Crippen molar-refractivity contribution in [2.45, 2.75) is 63.8 Å². The number of nitrogens with zero attached hydrogens (tertiary/aromatic N) is 1. The summed E-state index contributed by atoms with van der Waals surface area (Å²) in [5.74, 6) is -1.58. The van der Waals surface area contributed by atoms with E-state index in [0.29, 0.717) is 37.1 Å². The largest absolute Gasteiger partial charge is 0.433 e. The number of amides is 3. The predicted octanol–water partition coefficient (Wildman–Crippen LogP) is 2.73. The molecule has 3 atom stereocenters. The van der Waals surface area contributed by atoms with Crippen LogP contribution in [0.4, 0.5) is 5.69 Å². The Morgan fingerprint density at radius 1 is 1.05 bits per heavy atom.